The van der Waals surface area contributed by atoms with Crippen molar-refractivity contribution in [2.45, 2.75) is 58.9 Å². The largest absolute Gasteiger partial charge is 0.315 e. The summed E-state index contributed by atoms with van der Waals surface area (Å²) in [5.74, 6) is 0.852. The number of hydrogen-bond donors (Lipinski definition) is 1. The van der Waals surface area contributed by atoms with Crippen LogP contribution in [0.5, 0.6) is 0 Å². The molecular formula is C14H30N2. The lowest BCUT2D eigenvalue weighted by Crippen LogP contribution is -2.34. The maximum Gasteiger partial charge on any atom is 0.0110 e. The smallest absolute Gasteiger partial charge is 0.0110 e. The lowest BCUT2D eigenvalue weighted by molar-refractivity contribution is 0.263. The molecule has 16 heavy (non-hydrogen) atoms. The molecule has 0 bridgehead atoms. The monoisotopic (exact) mass is 226 g/mol. The van der Waals surface area contributed by atoms with Crippen molar-refractivity contribution in [1.82, 2.24) is 10.2 Å². The Bertz CT molecular complexity index is 164. The van der Waals surface area contributed by atoms with Crippen molar-refractivity contribution in [1.29, 1.82) is 0 Å². The van der Waals surface area contributed by atoms with Gasteiger partial charge in [-0.3, -0.25) is 4.90 Å². The highest BCUT2D eigenvalue weighted by Gasteiger charge is 2.27. The highest BCUT2D eigenvalue weighted by molar-refractivity contribution is 4.84. The third-order valence-electron chi connectivity index (χ3n) is 3.28. The zero-order valence-electron chi connectivity index (χ0n) is 11.5. The van der Waals surface area contributed by atoms with Crippen molar-refractivity contribution in [2.24, 2.45) is 5.92 Å². The maximum atomic E-state index is 3.57. The van der Waals surface area contributed by atoms with Crippen LogP contribution >= 0.6 is 0 Å². The SMILES string of the molecule is CCCN(CCNCCCC(C)C)C1CC1. The predicted octanol–water partition coefficient (Wildman–Crippen LogP) is 2.89. The van der Waals surface area contributed by atoms with Crippen LogP contribution in [0.15, 0.2) is 0 Å². The zero-order valence-corrected chi connectivity index (χ0v) is 11.5. The van der Waals surface area contributed by atoms with Gasteiger partial charge in [-0.1, -0.05) is 20.8 Å². The number of nitrogens with zero attached hydrogens (tertiary/aromatic N) is 1. The summed E-state index contributed by atoms with van der Waals surface area (Å²) in [6, 6.07) is 0.928. The highest BCUT2D eigenvalue weighted by Crippen LogP contribution is 2.26. The molecule has 0 amide bonds. The van der Waals surface area contributed by atoms with E-state index in [9.17, 15) is 0 Å². The third-order valence-corrected chi connectivity index (χ3v) is 3.28. The van der Waals surface area contributed by atoms with Crippen molar-refractivity contribution < 1.29 is 0 Å². The first-order valence-corrected chi connectivity index (χ1v) is 7.18. The van der Waals surface area contributed by atoms with Crippen LogP contribution in [0.1, 0.15) is 52.9 Å². The normalized spacial score (nSPS) is 16.3. The Labute approximate surface area is 102 Å². The van der Waals surface area contributed by atoms with Gasteiger partial charge < -0.3 is 5.32 Å². The van der Waals surface area contributed by atoms with E-state index in [1.54, 1.807) is 0 Å². The fourth-order valence-corrected chi connectivity index (χ4v) is 2.19. The molecule has 96 valence electrons. The molecule has 2 heteroatoms. The maximum absolute atomic E-state index is 3.57. The second-order valence-corrected chi connectivity index (χ2v) is 5.55. The van der Waals surface area contributed by atoms with Crippen LogP contribution in [0.4, 0.5) is 0 Å². The van der Waals surface area contributed by atoms with Gasteiger partial charge in [0, 0.05) is 19.1 Å². The number of hydrogen-bond acceptors (Lipinski definition) is 2. The molecule has 1 saturated carbocycles. The Hall–Kier alpha value is -0.0800. The highest BCUT2D eigenvalue weighted by atomic mass is 15.2. The van der Waals surface area contributed by atoms with Crippen molar-refractivity contribution >= 4 is 0 Å². The van der Waals surface area contributed by atoms with Crippen LogP contribution in [-0.4, -0.2) is 37.1 Å². The first-order chi connectivity index (χ1) is 7.74. The molecule has 1 aliphatic rings. The average Bonchev–Trinajstić information content (AvgIpc) is 3.04. The summed E-state index contributed by atoms with van der Waals surface area (Å²) in [5.41, 5.74) is 0. The summed E-state index contributed by atoms with van der Waals surface area (Å²) in [6.45, 7) is 11.8. The van der Waals surface area contributed by atoms with Crippen molar-refractivity contribution in [2.75, 3.05) is 26.2 Å². The molecule has 1 fully saturated rings. The molecule has 0 aromatic carbocycles. The fraction of sp³-hybridized carbons (Fsp3) is 1.00. The molecule has 0 aromatic heterocycles. The Balaban J connectivity index is 1.92. The second-order valence-electron chi connectivity index (χ2n) is 5.55. The molecule has 0 saturated heterocycles. The molecule has 0 spiro atoms. The molecule has 0 aromatic rings. The van der Waals surface area contributed by atoms with E-state index < -0.39 is 0 Å². The fourth-order valence-electron chi connectivity index (χ4n) is 2.19. The topological polar surface area (TPSA) is 15.3 Å². The van der Waals surface area contributed by atoms with Gasteiger partial charge in [-0.05, 0) is 51.1 Å². The summed E-state index contributed by atoms with van der Waals surface area (Å²) in [5, 5.41) is 3.57. The number of nitrogens with one attached hydrogen (secondary N) is 1. The molecular weight excluding hydrogens is 196 g/mol. The summed E-state index contributed by atoms with van der Waals surface area (Å²) in [7, 11) is 0. The van der Waals surface area contributed by atoms with E-state index in [2.05, 4.69) is 31.0 Å². The summed E-state index contributed by atoms with van der Waals surface area (Å²) in [4.78, 5) is 2.66. The number of rotatable bonds is 10. The van der Waals surface area contributed by atoms with Crippen molar-refractivity contribution in [3.05, 3.63) is 0 Å². The van der Waals surface area contributed by atoms with Gasteiger partial charge in [0.1, 0.15) is 0 Å². The van der Waals surface area contributed by atoms with Gasteiger partial charge in [-0.15, -0.1) is 0 Å². The molecule has 1 rings (SSSR count). The molecule has 0 radical (unpaired) electrons. The Kier molecular flexibility index (Phi) is 7.06. The van der Waals surface area contributed by atoms with Gasteiger partial charge in [0.2, 0.25) is 0 Å². The van der Waals surface area contributed by atoms with Crippen LogP contribution in [-0.2, 0) is 0 Å². The van der Waals surface area contributed by atoms with Gasteiger partial charge in [-0.25, -0.2) is 0 Å². The van der Waals surface area contributed by atoms with Crippen LogP contribution in [0.25, 0.3) is 0 Å². The van der Waals surface area contributed by atoms with Crippen LogP contribution in [0, 0.1) is 5.92 Å². The van der Waals surface area contributed by atoms with Crippen LogP contribution < -0.4 is 5.32 Å². The predicted molar refractivity (Wildman–Crippen MR) is 71.8 cm³/mol. The van der Waals surface area contributed by atoms with Crippen LogP contribution in [0.2, 0.25) is 0 Å². The van der Waals surface area contributed by atoms with Crippen LogP contribution in [0.3, 0.4) is 0 Å². The summed E-state index contributed by atoms with van der Waals surface area (Å²) in [6.07, 6.45) is 6.85. The zero-order chi connectivity index (χ0) is 11.8. The van der Waals surface area contributed by atoms with E-state index in [4.69, 9.17) is 0 Å². The molecule has 0 aliphatic heterocycles. The molecule has 0 atom stereocenters. The van der Waals surface area contributed by atoms with Crippen molar-refractivity contribution in [3.63, 3.8) is 0 Å². The standard InChI is InChI=1S/C14H30N2/c1-4-11-16(14-7-8-14)12-10-15-9-5-6-13(2)3/h13-15H,4-12H2,1-3H3. The van der Waals surface area contributed by atoms with Gasteiger partial charge in [0.25, 0.3) is 0 Å². The third kappa shape index (κ3) is 6.49. The molecule has 1 aliphatic carbocycles. The minimum absolute atomic E-state index is 0.852. The minimum atomic E-state index is 0.852. The second kappa shape index (κ2) is 8.08. The van der Waals surface area contributed by atoms with Crippen molar-refractivity contribution in [3.8, 4) is 0 Å². The van der Waals surface area contributed by atoms with Gasteiger partial charge in [-0.2, -0.15) is 0 Å². The minimum Gasteiger partial charge on any atom is -0.315 e. The Morgan fingerprint density at radius 2 is 1.94 bits per heavy atom. The molecule has 0 unspecified atom stereocenters. The quantitative estimate of drug-likeness (QED) is 0.576. The van der Waals surface area contributed by atoms with E-state index in [1.807, 2.05) is 0 Å². The lowest BCUT2D eigenvalue weighted by Gasteiger charge is -2.21. The molecule has 0 heterocycles. The molecule has 1 N–H and O–H groups in total. The first kappa shape index (κ1) is 14.0. The lowest BCUT2D eigenvalue weighted by atomic mass is 10.1. The van der Waals surface area contributed by atoms with E-state index in [0.29, 0.717) is 0 Å². The van der Waals surface area contributed by atoms with E-state index >= 15 is 0 Å². The first-order valence-electron chi connectivity index (χ1n) is 7.18. The van der Waals surface area contributed by atoms with E-state index in [1.165, 1.54) is 58.3 Å². The molecule has 2 nitrogen and oxygen atoms in total. The average molecular weight is 226 g/mol. The van der Waals surface area contributed by atoms with E-state index in [0.717, 1.165) is 12.0 Å². The Morgan fingerprint density at radius 3 is 2.50 bits per heavy atom. The van der Waals surface area contributed by atoms with E-state index in [-0.39, 0.29) is 0 Å². The van der Waals surface area contributed by atoms with Gasteiger partial charge in [0.05, 0.1) is 0 Å². The van der Waals surface area contributed by atoms with Gasteiger partial charge >= 0.3 is 0 Å². The summed E-state index contributed by atoms with van der Waals surface area (Å²) >= 11 is 0. The Morgan fingerprint density at radius 1 is 1.19 bits per heavy atom. The summed E-state index contributed by atoms with van der Waals surface area (Å²) < 4.78 is 0. The van der Waals surface area contributed by atoms with Gasteiger partial charge in [0.15, 0.2) is 0 Å².